The van der Waals surface area contributed by atoms with Crippen molar-refractivity contribution >= 4 is 37.9 Å². The van der Waals surface area contributed by atoms with Gasteiger partial charge in [0.1, 0.15) is 0 Å². The summed E-state index contributed by atoms with van der Waals surface area (Å²) < 4.78 is 63.4. The number of para-hydroxylation sites is 2. The van der Waals surface area contributed by atoms with Crippen LogP contribution in [0.25, 0.3) is 21.8 Å². The molecular weight excluding hydrogens is 347 g/mol. The quantitative estimate of drug-likeness (QED) is 0.400. The van der Waals surface area contributed by atoms with Crippen molar-refractivity contribution in [1.82, 2.24) is 4.98 Å². The molecule has 0 aliphatic rings. The van der Waals surface area contributed by atoms with E-state index < -0.39 is 21.6 Å². The van der Waals surface area contributed by atoms with Crippen molar-refractivity contribution in [3.8, 4) is 0 Å². The van der Waals surface area contributed by atoms with Gasteiger partial charge in [-0.25, -0.2) is 9.78 Å². The largest absolute Gasteiger partial charge is 0.534 e. The number of carbonyl (C=O) groups excluding carboxylic acids is 1. The molecule has 0 bridgehead atoms. The fourth-order valence-electron chi connectivity index (χ4n) is 2.25. The Kier molecular flexibility index (Phi) is 3.67. The fourth-order valence-corrected chi connectivity index (χ4v) is 2.63. The van der Waals surface area contributed by atoms with Crippen LogP contribution in [0.5, 0.6) is 0 Å². The number of hydrogen-bond acceptors (Lipinski definition) is 5. The van der Waals surface area contributed by atoms with Gasteiger partial charge in [-0.2, -0.15) is 21.6 Å². The lowest BCUT2D eigenvalue weighted by atomic mass is 10.0. The number of rotatable bonds is 2. The summed E-state index contributed by atoms with van der Waals surface area (Å²) in [5.74, 6) is -1.61. The van der Waals surface area contributed by atoms with Gasteiger partial charge in [0.2, 0.25) is 0 Å². The summed E-state index contributed by atoms with van der Waals surface area (Å²) >= 11 is 0. The Morgan fingerprint density at radius 1 is 0.917 bits per heavy atom. The molecule has 2 aromatic carbocycles. The number of halogens is 3. The highest BCUT2D eigenvalue weighted by Crippen LogP contribution is 2.30. The minimum Gasteiger partial charge on any atom is -0.335 e. The number of carbonyl (C=O) groups is 1. The maximum absolute atomic E-state index is 12.5. The van der Waals surface area contributed by atoms with Gasteiger partial charge in [-0.05, 0) is 12.1 Å². The van der Waals surface area contributed by atoms with Gasteiger partial charge in [-0.3, -0.25) is 0 Å². The van der Waals surface area contributed by atoms with Gasteiger partial charge in [0.25, 0.3) is 0 Å². The zero-order valence-corrected chi connectivity index (χ0v) is 12.6. The molecular formula is C15H8F3NO4S. The lowest BCUT2D eigenvalue weighted by Gasteiger charge is -2.11. The Balaban J connectivity index is 2.25. The molecule has 3 rings (SSSR count). The van der Waals surface area contributed by atoms with E-state index in [1.54, 1.807) is 36.4 Å². The maximum atomic E-state index is 12.5. The number of fused-ring (bicyclic) bond motifs is 2. The molecule has 0 fully saturated rings. The second-order valence-electron chi connectivity index (χ2n) is 4.79. The van der Waals surface area contributed by atoms with Gasteiger partial charge >= 0.3 is 21.6 Å². The van der Waals surface area contributed by atoms with Crippen molar-refractivity contribution in [2.75, 3.05) is 0 Å². The molecule has 3 aromatic rings. The fraction of sp³-hybridized carbons (Fsp3) is 0.0667. The van der Waals surface area contributed by atoms with Gasteiger partial charge in [0, 0.05) is 10.8 Å². The maximum Gasteiger partial charge on any atom is 0.534 e. The SMILES string of the molecule is O=C(OS(=O)(=O)C(F)(F)F)c1c2ccccc2nc2ccccc12. The minimum absolute atomic E-state index is 0.193. The van der Waals surface area contributed by atoms with Crippen molar-refractivity contribution in [2.45, 2.75) is 5.51 Å². The number of alkyl halides is 3. The first-order valence-electron chi connectivity index (χ1n) is 6.53. The molecule has 5 nitrogen and oxygen atoms in total. The highest BCUT2D eigenvalue weighted by Gasteiger charge is 2.49. The van der Waals surface area contributed by atoms with Gasteiger partial charge < -0.3 is 4.18 Å². The summed E-state index contributed by atoms with van der Waals surface area (Å²) in [6.45, 7) is 0. The topological polar surface area (TPSA) is 73.3 Å². The van der Waals surface area contributed by atoms with Crippen LogP contribution in [0.3, 0.4) is 0 Å². The molecule has 124 valence electrons. The van der Waals surface area contributed by atoms with E-state index in [2.05, 4.69) is 9.17 Å². The minimum atomic E-state index is -6.05. The molecule has 0 saturated heterocycles. The number of aromatic nitrogens is 1. The Morgan fingerprint density at radius 3 is 1.83 bits per heavy atom. The van der Waals surface area contributed by atoms with Crippen molar-refractivity contribution in [3.05, 3.63) is 54.1 Å². The van der Waals surface area contributed by atoms with Crippen LogP contribution in [-0.4, -0.2) is 24.9 Å². The van der Waals surface area contributed by atoms with Crippen molar-refractivity contribution in [1.29, 1.82) is 0 Å². The lowest BCUT2D eigenvalue weighted by Crippen LogP contribution is -2.28. The Morgan fingerprint density at radius 2 is 1.38 bits per heavy atom. The molecule has 0 unspecified atom stereocenters. The normalized spacial score (nSPS) is 12.5. The number of nitrogens with zero attached hydrogens (tertiary/aromatic N) is 1. The standard InChI is InChI=1S/C15H8F3NO4S/c16-15(17,18)24(21,22)23-14(20)13-9-5-1-3-7-11(9)19-12-8-4-2-6-10(12)13/h1-8H. The highest BCUT2D eigenvalue weighted by molar-refractivity contribution is 7.88. The Hall–Kier alpha value is -2.68. The molecule has 1 heterocycles. The number of benzene rings is 2. The van der Waals surface area contributed by atoms with Gasteiger partial charge in [-0.1, -0.05) is 36.4 Å². The first kappa shape index (κ1) is 16.2. The average molecular weight is 355 g/mol. The van der Waals surface area contributed by atoms with Crippen molar-refractivity contribution < 1.29 is 30.6 Å². The molecule has 9 heteroatoms. The third kappa shape index (κ3) is 2.67. The summed E-state index contributed by atoms with van der Waals surface area (Å²) in [6.07, 6.45) is 0. The van der Waals surface area contributed by atoms with Crippen LogP contribution in [0.1, 0.15) is 10.4 Å². The van der Waals surface area contributed by atoms with E-state index in [0.717, 1.165) is 0 Å². The van der Waals surface area contributed by atoms with E-state index in [4.69, 9.17) is 0 Å². The van der Waals surface area contributed by atoms with E-state index >= 15 is 0 Å². The van der Waals surface area contributed by atoms with Crippen LogP contribution < -0.4 is 0 Å². The third-order valence-corrected chi connectivity index (χ3v) is 4.20. The van der Waals surface area contributed by atoms with Gasteiger partial charge in [-0.15, -0.1) is 0 Å². The highest BCUT2D eigenvalue weighted by atomic mass is 32.2. The van der Waals surface area contributed by atoms with Crippen molar-refractivity contribution in [3.63, 3.8) is 0 Å². The van der Waals surface area contributed by atoms with Gasteiger partial charge in [0.05, 0.1) is 16.6 Å². The molecule has 0 amide bonds. The summed E-state index contributed by atoms with van der Waals surface area (Å²) in [7, 11) is -6.05. The first-order valence-corrected chi connectivity index (χ1v) is 7.94. The van der Waals surface area contributed by atoms with E-state index in [0.29, 0.717) is 11.0 Å². The molecule has 0 aliphatic heterocycles. The monoisotopic (exact) mass is 355 g/mol. The average Bonchev–Trinajstić information content (AvgIpc) is 2.50. The predicted octanol–water partition coefficient (Wildman–Crippen LogP) is 3.39. The van der Waals surface area contributed by atoms with E-state index in [1.165, 1.54) is 12.1 Å². The van der Waals surface area contributed by atoms with Crippen molar-refractivity contribution in [2.24, 2.45) is 0 Å². The van der Waals surface area contributed by atoms with Gasteiger partial charge in [0.15, 0.2) is 0 Å². The van der Waals surface area contributed by atoms with Crippen LogP contribution in [0.15, 0.2) is 48.5 Å². The van der Waals surface area contributed by atoms with Crippen LogP contribution in [0, 0.1) is 0 Å². The van der Waals surface area contributed by atoms with Crippen LogP contribution in [-0.2, 0) is 14.3 Å². The van der Waals surface area contributed by atoms with E-state index in [-0.39, 0.29) is 16.3 Å². The van der Waals surface area contributed by atoms with E-state index in [1.807, 2.05) is 0 Å². The molecule has 0 spiro atoms. The summed E-state index contributed by atoms with van der Waals surface area (Å²) in [6, 6.07) is 12.4. The third-order valence-electron chi connectivity index (χ3n) is 3.26. The summed E-state index contributed by atoms with van der Waals surface area (Å²) in [5.41, 5.74) is -5.33. The first-order chi connectivity index (χ1) is 11.2. The molecule has 0 saturated carbocycles. The second kappa shape index (κ2) is 5.45. The zero-order valence-electron chi connectivity index (χ0n) is 11.7. The molecule has 1 aromatic heterocycles. The molecule has 0 radical (unpaired) electrons. The Bertz CT molecular complexity index is 1010. The Labute approximate surface area is 133 Å². The lowest BCUT2D eigenvalue weighted by molar-refractivity contribution is -0.0525. The number of hydrogen-bond donors (Lipinski definition) is 0. The molecule has 0 N–H and O–H groups in total. The predicted molar refractivity (Wildman–Crippen MR) is 79.6 cm³/mol. The molecule has 0 atom stereocenters. The van der Waals surface area contributed by atoms with Crippen LogP contribution in [0.2, 0.25) is 0 Å². The molecule has 24 heavy (non-hydrogen) atoms. The summed E-state index contributed by atoms with van der Waals surface area (Å²) in [5, 5.41) is 0.386. The smallest absolute Gasteiger partial charge is 0.335 e. The molecule has 0 aliphatic carbocycles. The van der Waals surface area contributed by atoms with E-state index in [9.17, 15) is 26.4 Å². The number of pyridine rings is 1. The van der Waals surface area contributed by atoms with Crippen LogP contribution >= 0.6 is 0 Å². The van der Waals surface area contributed by atoms with Crippen LogP contribution in [0.4, 0.5) is 13.2 Å². The zero-order chi connectivity index (χ0) is 17.5. The second-order valence-corrected chi connectivity index (χ2v) is 6.33. The summed E-state index contributed by atoms with van der Waals surface area (Å²) in [4.78, 5) is 16.5.